The van der Waals surface area contributed by atoms with Crippen LogP contribution in [0.4, 0.5) is 5.69 Å². The SMILES string of the molecule is N#Cc1ccc(NC(=O)CN2C[C@H]3CNC[C@H]3C2)cc1Cl. The highest BCUT2D eigenvalue weighted by atomic mass is 35.5. The van der Waals surface area contributed by atoms with Gasteiger partial charge in [-0.1, -0.05) is 11.6 Å². The molecule has 3 rings (SSSR count). The Morgan fingerprint density at radius 2 is 2.14 bits per heavy atom. The zero-order valence-electron chi connectivity index (χ0n) is 11.6. The average Bonchev–Trinajstić information content (AvgIpc) is 2.99. The summed E-state index contributed by atoms with van der Waals surface area (Å²) in [6, 6.07) is 6.92. The van der Waals surface area contributed by atoms with E-state index in [4.69, 9.17) is 16.9 Å². The van der Waals surface area contributed by atoms with E-state index in [2.05, 4.69) is 15.5 Å². The summed E-state index contributed by atoms with van der Waals surface area (Å²) in [5, 5.41) is 15.4. The monoisotopic (exact) mass is 304 g/mol. The second-order valence-corrected chi connectivity index (χ2v) is 6.13. The van der Waals surface area contributed by atoms with Crippen LogP contribution in [-0.2, 0) is 4.79 Å². The number of likely N-dealkylation sites (tertiary alicyclic amines) is 1. The van der Waals surface area contributed by atoms with Gasteiger partial charge in [0.1, 0.15) is 6.07 Å². The van der Waals surface area contributed by atoms with E-state index in [0.717, 1.165) is 26.2 Å². The van der Waals surface area contributed by atoms with Crippen molar-refractivity contribution in [1.29, 1.82) is 5.26 Å². The highest BCUT2D eigenvalue weighted by molar-refractivity contribution is 6.32. The van der Waals surface area contributed by atoms with E-state index in [9.17, 15) is 4.79 Å². The van der Waals surface area contributed by atoms with Crippen molar-refractivity contribution >= 4 is 23.2 Å². The third-order valence-corrected chi connectivity index (χ3v) is 4.52. The van der Waals surface area contributed by atoms with E-state index in [1.807, 2.05) is 6.07 Å². The Balaban J connectivity index is 1.55. The summed E-state index contributed by atoms with van der Waals surface area (Å²) in [6.07, 6.45) is 0. The minimum Gasteiger partial charge on any atom is -0.325 e. The fourth-order valence-electron chi connectivity index (χ4n) is 3.17. The molecule has 1 aromatic carbocycles. The number of amides is 1. The van der Waals surface area contributed by atoms with Crippen LogP contribution in [0.5, 0.6) is 0 Å². The number of hydrogen-bond acceptors (Lipinski definition) is 4. The van der Waals surface area contributed by atoms with Gasteiger partial charge in [0, 0.05) is 18.8 Å². The molecule has 110 valence electrons. The summed E-state index contributed by atoms with van der Waals surface area (Å²) in [6.45, 7) is 4.51. The number of fused-ring (bicyclic) bond motifs is 1. The van der Waals surface area contributed by atoms with Crippen LogP contribution in [0.15, 0.2) is 18.2 Å². The van der Waals surface area contributed by atoms with Gasteiger partial charge in [-0.15, -0.1) is 0 Å². The summed E-state index contributed by atoms with van der Waals surface area (Å²) in [5.74, 6) is 1.33. The van der Waals surface area contributed by atoms with Crippen molar-refractivity contribution in [2.75, 3.05) is 38.0 Å². The molecule has 0 aliphatic carbocycles. The summed E-state index contributed by atoms with van der Waals surface area (Å²) in [7, 11) is 0. The number of halogens is 1. The van der Waals surface area contributed by atoms with Crippen LogP contribution in [0.1, 0.15) is 5.56 Å². The zero-order chi connectivity index (χ0) is 14.8. The molecule has 0 radical (unpaired) electrons. The summed E-state index contributed by atoms with van der Waals surface area (Å²) in [4.78, 5) is 14.3. The van der Waals surface area contributed by atoms with Gasteiger partial charge in [0.2, 0.25) is 5.91 Å². The molecule has 2 fully saturated rings. The lowest BCUT2D eigenvalue weighted by molar-refractivity contribution is -0.117. The molecule has 0 unspecified atom stereocenters. The predicted octanol–water partition coefficient (Wildman–Crippen LogP) is 1.30. The smallest absolute Gasteiger partial charge is 0.238 e. The fraction of sp³-hybridized carbons (Fsp3) is 0.467. The number of benzene rings is 1. The van der Waals surface area contributed by atoms with E-state index >= 15 is 0 Å². The van der Waals surface area contributed by atoms with Crippen LogP contribution in [0.25, 0.3) is 0 Å². The maximum Gasteiger partial charge on any atom is 0.238 e. The third-order valence-electron chi connectivity index (χ3n) is 4.21. The van der Waals surface area contributed by atoms with E-state index in [0.29, 0.717) is 34.7 Å². The molecule has 6 heteroatoms. The molecule has 0 saturated carbocycles. The van der Waals surface area contributed by atoms with Gasteiger partial charge in [0.05, 0.1) is 17.1 Å². The van der Waals surface area contributed by atoms with E-state index in [1.165, 1.54) is 0 Å². The Morgan fingerprint density at radius 3 is 2.76 bits per heavy atom. The van der Waals surface area contributed by atoms with Gasteiger partial charge in [0.15, 0.2) is 0 Å². The van der Waals surface area contributed by atoms with Crippen molar-refractivity contribution in [3.63, 3.8) is 0 Å². The van der Waals surface area contributed by atoms with E-state index < -0.39 is 0 Å². The number of hydrogen-bond donors (Lipinski definition) is 2. The van der Waals surface area contributed by atoms with Crippen LogP contribution >= 0.6 is 11.6 Å². The van der Waals surface area contributed by atoms with E-state index in [1.54, 1.807) is 18.2 Å². The van der Waals surface area contributed by atoms with Gasteiger partial charge in [-0.2, -0.15) is 5.26 Å². The number of nitriles is 1. The standard InChI is InChI=1S/C15H17ClN4O/c16-14-3-13(2-1-10(14)4-17)19-15(21)9-20-7-11-5-18-6-12(11)8-20/h1-3,11-12,18H,5-9H2,(H,19,21)/t11-,12+. The number of nitrogens with zero attached hydrogens (tertiary/aromatic N) is 2. The first-order valence-electron chi connectivity index (χ1n) is 7.08. The summed E-state index contributed by atoms with van der Waals surface area (Å²) in [5.41, 5.74) is 1.04. The zero-order valence-corrected chi connectivity index (χ0v) is 12.4. The first-order valence-corrected chi connectivity index (χ1v) is 7.46. The number of carbonyl (C=O) groups is 1. The number of anilines is 1. The van der Waals surface area contributed by atoms with Crippen LogP contribution < -0.4 is 10.6 Å². The molecular weight excluding hydrogens is 288 g/mol. The minimum absolute atomic E-state index is 0.0382. The molecule has 2 saturated heterocycles. The van der Waals surface area contributed by atoms with Gasteiger partial charge >= 0.3 is 0 Å². The number of rotatable bonds is 3. The second-order valence-electron chi connectivity index (χ2n) is 5.73. The molecule has 2 aliphatic heterocycles. The normalized spacial score (nSPS) is 24.6. The van der Waals surface area contributed by atoms with Crippen molar-refractivity contribution in [3.8, 4) is 6.07 Å². The number of carbonyl (C=O) groups excluding carboxylic acids is 1. The summed E-state index contributed by atoms with van der Waals surface area (Å²) >= 11 is 5.96. The van der Waals surface area contributed by atoms with Crippen molar-refractivity contribution in [3.05, 3.63) is 28.8 Å². The molecule has 2 atom stereocenters. The molecule has 0 bridgehead atoms. The Kier molecular flexibility index (Phi) is 4.11. The second kappa shape index (κ2) is 6.02. The highest BCUT2D eigenvalue weighted by Gasteiger charge is 2.36. The van der Waals surface area contributed by atoms with Crippen LogP contribution in [-0.4, -0.2) is 43.5 Å². The van der Waals surface area contributed by atoms with Gasteiger partial charge < -0.3 is 10.6 Å². The highest BCUT2D eigenvalue weighted by Crippen LogP contribution is 2.26. The topological polar surface area (TPSA) is 68.2 Å². The van der Waals surface area contributed by atoms with Crippen molar-refractivity contribution in [2.24, 2.45) is 11.8 Å². The predicted molar refractivity (Wildman–Crippen MR) is 81.1 cm³/mol. The molecule has 1 aromatic rings. The third kappa shape index (κ3) is 3.18. The molecule has 0 aromatic heterocycles. The molecule has 5 nitrogen and oxygen atoms in total. The molecule has 2 heterocycles. The molecule has 2 N–H and O–H groups in total. The maximum atomic E-state index is 12.1. The first kappa shape index (κ1) is 14.3. The lowest BCUT2D eigenvalue weighted by Crippen LogP contribution is -2.33. The molecule has 1 amide bonds. The Labute approximate surface area is 128 Å². The van der Waals surface area contributed by atoms with Crippen molar-refractivity contribution in [2.45, 2.75) is 0 Å². The van der Waals surface area contributed by atoms with Crippen LogP contribution in [0.3, 0.4) is 0 Å². The van der Waals surface area contributed by atoms with Crippen LogP contribution in [0.2, 0.25) is 5.02 Å². The van der Waals surface area contributed by atoms with E-state index in [-0.39, 0.29) is 5.91 Å². The largest absolute Gasteiger partial charge is 0.325 e. The van der Waals surface area contributed by atoms with Gasteiger partial charge in [-0.05, 0) is 43.1 Å². The Bertz CT molecular complexity index is 586. The lowest BCUT2D eigenvalue weighted by Gasteiger charge is -2.16. The lowest BCUT2D eigenvalue weighted by atomic mass is 10.0. The number of nitrogens with one attached hydrogen (secondary N) is 2. The molecular formula is C15H17ClN4O. The van der Waals surface area contributed by atoms with Crippen molar-refractivity contribution < 1.29 is 4.79 Å². The fourth-order valence-corrected chi connectivity index (χ4v) is 3.39. The van der Waals surface area contributed by atoms with Crippen LogP contribution in [0, 0.1) is 23.2 Å². The Hall–Kier alpha value is -1.61. The summed E-state index contributed by atoms with van der Waals surface area (Å²) < 4.78 is 0. The minimum atomic E-state index is -0.0382. The van der Waals surface area contributed by atoms with Gasteiger partial charge in [-0.25, -0.2) is 0 Å². The average molecular weight is 305 g/mol. The molecule has 0 spiro atoms. The van der Waals surface area contributed by atoms with Gasteiger partial charge in [0.25, 0.3) is 0 Å². The maximum absolute atomic E-state index is 12.1. The first-order chi connectivity index (χ1) is 10.2. The van der Waals surface area contributed by atoms with Crippen molar-refractivity contribution in [1.82, 2.24) is 10.2 Å². The molecule has 21 heavy (non-hydrogen) atoms. The van der Waals surface area contributed by atoms with Gasteiger partial charge in [-0.3, -0.25) is 9.69 Å². The quantitative estimate of drug-likeness (QED) is 0.883. The molecule has 2 aliphatic rings. The Morgan fingerprint density at radius 1 is 1.43 bits per heavy atom.